The SMILES string of the molecule is CCc1nc2n(n1)C(C(F)F)CC(C)N2. The largest absolute Gasteiger partial charge is 0.352 e. The molecule has 1 aliphatic rings. The van der Waals surface area contributed by atoms with E-state index in [0.29, 0.717) is 24.6 Å². The predicted molar refractivity (Wildman–Crippen MR) is 52.1 cm³/mol. The second-order valence-corrected chi connectivity index (χ2v) is 3.83. The molecule has 0 spiro atoms. The summed E-state index contributed by atoms with van der Waals surface area (Å²) in [4.78, 5) is 4.16. The maximum atomic E-state index is 12.8. The molecule has 4 nitrogen and oxygen atoms in total. The molecule has 2 atom stereocenters. The highest BCUT2D eigenvalue weighted by atomic mass is 19.3. The first-order valence-electron chi connectivity index (χ1n) is 5.12. The Kier molecular flexibility index (Phi) is 2.58. The molecule has 6 heteroatoms. The Bertz CT molecular complexity index is 350. The standard InChI is InChI=1S/C9H14F2N4/c1-3-7-13-9-12-5(2)4-6(8(10)11)15(9)14-7/h5-6,8H,3-4H2,1-2H3,(H,12,13,14). The van der Waals surface area contributed by atoms with Gasteiger partial charge in [-0.05, 0) is 13.3 Å². The van der Waals surface area contributed by atoms with Gasteiger partial charge in [0.25, 0.3) is 6.43 Å². The molecule has 1 aromatic heterocycles. The van der Waals surface area contributed by atoms with E-state index in [1.807, 2.05) is 13.8 Å². The first kappa shape index (κ1) is 10.3. The highest BCUT2D eigenvalue weighted by Gasteiger charge is 2.32. The quantitative estimate of drug-likeness (QED) is 0.820. The van der Waals surface area contributed by atoms with Gasteiger partial charge in [-0.25, -0.2) is 13.5 Å². The lowest BCUT2D eigenvalue weighted by molar-refractivity contribution is 0.0664. The summed E-state index contributed by atoms with van der Waals surface area (Å²) in [6, 6.07) is -0.825. The number of alkyl halides is 2. The molecule has 1 N–H and O–H groups in total. The molecule has 84 valence electrons. The first-order chi connectivity index (χ1) is 7.11. The number of aromatic nitrogens is 3. The van der Waals surface area contributed by atoms with Crippen molar-refractivity contribution < 1.29 is 8.78 Å². The van der Waals surface area contributed by atoms with Gasteiger partial charge in [0.05, 0.1) is 0 Å². The number of hydrogen-bond donors (Lipinski definition) is 1. The molecule has 0 fully saturated rings. The Balaban J connectivity index is 2.35. The van der Waals surface area contributed by atoms with Crippen molar-refractivity contribution in [3.8, 4) is 0 Å². The van der Waals surface area contributed by atoms with Crippen LogP contribution in [-0.4, -0.2) is 27.2 Å². The fourth-order valence-corrected chi connectivity index (χ4v) is 1.80. The van der Waals surface area contributed by atoms with E-state index in [4.69, 9.17) is 0 Å². The molecule has 1 aromatic rings. The number of hydrogen-bond acceptors (Lipinski definition) is 3. The zero-order valence-electron chi connectivity index (χ0n) is 8.74. The van der Waals surface area contributed by atoms with Crippen LogP contribution in [0.25, 0.3) is 0 Å². The van der Waals surface area contributed by atoms with E-state index in [1.54, 1.807) is 0 Å². The highest BCUT2D eigenvalue weighted by Crippen LogP contribution is 2.29. The Morgan fingerprint density at radius 2 is 2.33 bits per heavy atom. The second kappa shape index (κ2) is 3.75. The molecule has 0 saturated heterocycles. The van der Waals surface area contributed by atoms with Crippen LogP contribution in [0.3, 0.4) is 0 Å². The van der Waals surface area contributed by atoms with Crippen LogP contribution in [0.4, 0.5) is 14.7 Å². The van der Waals surface area contributed by atoms with E-state index in [0.717, 1.165) is 0 Å². The molecule has 15 heavy (non-hydrogen) atoms. The average molecular weight is 216 g/mol. The molecule has 1 aliphatic heterocycles. The Morgan fingerprint density at radius 3 is 2.93 bits per heavy atom. The predicted octanol–water partition coefficient (Wildman–Crippen LogP) is 1.85. The van der Waals surface area contributed by atoms with Crippen LogP contribution in [0.15, 0.2) is 0 Å². The molecule has 2 unspecified atom stereocenters. The van der Waals surface area contributed by atoms with Crippen LogP contribution in [0.2, 0.25) is 0 Å². The Morgan fingerprint density at radius 1 is 1.60 bits per heavy atom. The lowest BCUT2D eigenvalue weighted by Gasteiger charge is -2.28. The van der Waals surface area contributed by atoms with Crippen LogP contribution in [-0.2, 0) is 6.42 Å². The number of anilines is 1. The van der Waals surface area contributed by atoms with Gasteiger partial charge in [-0.2, -0.15) is 10.1 Å². The van der Waals surface area contributed by atoms with Gasteiger partial charge in [-0.3, -0.25) is 0 Å². The van der Waals surface area contributed by atoms with Gasteiger partial charge in [-0.15, -0.1) is 0 Å². The van der Waals surface area contributed by atoms with Gasteiger partial charge in [0, 0.05) is 12.5 Å². The lowest BCUT2D eigenvalue weighted by atomic mass is 10.1. The molecule has 0 radical (unpaired) electrons. The van der Waals surface area contributed by atoms with E-state index < -0.39 is 12.5 Å². The number of rotatable bonds is 2. The van der Waals surface area contributed by atoms with Gasteiger partial charge >= 0.3 is 0 Å². The summed E-state index contributed by atoms with van der Waals surface area (Å²) in [6.07, 6.45) is -1.34. The van der Waals surface area contributed by atoms with Crippen LogP contribution >= 0.6 is 0 Å². The van der Waals surface area contributed by atoms with Crippen molar-refractivity contribution in [2.75, 3.05) is 5.32 Å². The summed E-state index contributed by atoms with van der Waals surface area (Å²) in [6.45, 7) is 3.78. The highest BCUT2D eigenvalue weighted by molar-refractivity contribution is 5.30. The van der Waals surface area contributed by atoms with E-state index in [-0.39, 0.29) is 6.04 Å². The molecule has 0 amide bonds. The van der Waals surface area contributed by atoms with Gasteiger partial charge in [0.1, 0.15) is 6.04 Å². The van der Waals surface area contributed by atoms with Crippen LogP contribution in [0, 0.1) is 0 Å². The van der Waals surface area contributed by atoms with Crippen molar-refractivity contribution >= 4 is 5.95 Å². The molecule has 0 bridgehead atoms. The zero-order chi connectivity index (χ0) is 11.0. The molecule has 0 aromatic carbocycles. The van der Waals surface area contributed by atoms with Crippen LogP contribution in [0.1, 0.15) is 32.1 Å². The van der Waals surface area contributed by atoms with E-state index in [1.165, 1.54) is 4.68 Å². The maximum absolute atomic E-state index is 12.8. The number of halogens is 2. The van der Waals surface area contributed by atoms with E-state index >= 15 is 0 Å². The zero-order valence-corrected chi connectivity index (χ0v) is 8.74. The maximum Gasteiger partial charge on any atom is 0.260 e. The number of fused-ring (bicyclic) bond motifs is 1. The van der Waals surface area contributed by atoms with E-state index in [9.17, 15) is 8.78 Å². The fourth-order valence-electron chi connectivity index (χ4n) is 1.80. The Labute approximate surface area is 86.7 Å². The van der Waals surface area contributed by atoms with E-state index in [2.05, 4.69) is 15.4 Å². The monoisotopic (exact) mass is 216 g/mol. The third kappa shape index (κ3) is 1.80. The fraction of sp³-hybridized carbons (Fsp3) is 0.778. The van der Waals surface area contributed by atoms with Gasteiger partial charge < -0.3 is 5.32 Å². The molecule has 2 heterocycles. The van der Waals surface area contributed by atoms with Crippen molar-refractivity contribution in [3.63, 3.8) is 0 Å². The third-order valence-electron chi connectivity index (χ3n) is 2.57. The minimum atomic E-state index is -2.39. The summed E-state index contributed by atoms with van der Waals surface area (Å²) in [5, 5.41) is 7.12. The number of aryl methyl sites for hydroxylation is 1. The molecule has 2 rings (SSSR count). The van der Waals surface area contributed by atoms with Crippen molar-refractivity contribution in [3.05, 3.63) is 5.82 Å². The minimum absolute atomic E-state index is 0.0189. The summed E-state index contributed by atoms with van der Waals surface area (Å²) >= 11 is 0. The van der Waals surface area contributed by atoms with Gasteiger partial charge in [0.2, 0.25) is 5.95 Å². The van der Waals surface area contributed by atoms with Gasteiger partial charge in [-0.1, -0.05) is 6.92 Å². The number of nitrogens with one attached hydrogen (secondary N) is 1. The minimum Gasteiger partial charge on any atom is -0.352 e. The Hall–Kier alpha value is -1.20. The normalized spacial score (nSPS) is 25.1. The second-order valence-electron chi connectivity index (χ2n) is 3.83. The van der Waals surface area contributed by atoms with Crippen LogP contribution < -0.4 is 5.32 Å². The summed E-state index contributed by atoms with van der Waals surface area (Å²) in [5.74, 6) is 1.08. The van der Waals surface area contributed by atoms with Crippen molar-refractivity contribution in [2.24, 2.45) is 0 Å². The summed E-state index contributed by atoms with van der Waals surface area (Å²) in [7, 11) is 0. The first-order valence-corrected chi connectivity index (χ1v) is 5.12. The molecule has 0 saturated carbocycles. The third-order valence-corrected chi connectivity index (χ3v) is 2.57. The molecular weight excluding hydrogens is 202 g/mol. The van der Waals surface area contributed by atoms with Crippen molar-refractivity contribution in [1.29, 1.82) is 0 Å². The molecular formula is C9H14F2N4. The molecule has 0 aliphatic carbocycles. The smallest absolute Gasteiger partial charge is 0.260 e. The summed E-state index contributed by atoms with van der Waals surface area (Å²) < 4.78 is 26.9. The lowest BCUT2D eigenvalue weighted by Crippen LogP contribution is -2.33. The van der Waals surface area contributed by atoms with Crippen molar-refractivity contribution in [1.82, 2.24) is 14.8 Å². The summed E-state index contributed by atoms with van der Waals surface area (Å²) in [5.41, 5.74) is 0. The number of nitrogens with zero attached hydrogens (tertiary/aromatic N) is 3. The van der Waals surface area contributed by atoms with Crippen LogP contribution in [0.5, 0.6) is 0 Å². The van der Waals surface area contributed by atoms with Gasteiger partial charge in [0.15, 0.2) is 5.82 Å². The average Bonchev–Trinajstić information content (AvgIpc) is 2.58. The topological polar surface area (TPSA) is 42.7 Å². The van der Waals surface area contributed by atoms with Crippen molar-refractivity contribution in [2.45, 2.75) is 45.2 Å².